The Morgan fingerprint density at radius 2 is 1.66 bits per heavy atom. The minimum absolute atomic E-state index is 0.0692. The Balaban J connectivity index is 1.68. The molecule has 0 spiro atoms. The van der Waals surface area contributed by atoms with Crippen LogP contribution in [0.4, 0.5) is 17.1 Å². The van der Waals surface area contributed by atoms with Crippen LogP contribution in [0.15, 0.2) is 48.5 Å². The summed E-state index contributed by atoms with van der Waals surface area (Å²) in [6.45, 7) is 4.94. The molecule has 0 saturated carbocycles. The second kappa shape index (κ2) is 9.37. The third kappa shape index (κ3) is 5.44. The standard InChI is InChI=1S/C23H27N3O3/c1-17(27)19-7-6-8-20(15-19)24-23(29)16-26(18(2)28)22-11-9-21(10-12-22)25-13-4-3-5-14-25/h6-12,15H,3-5,13-14,16H2,1-2H3,(H,24,29). The summed E-state index contributed by atoms with van der Waals surface area (Å²) in [4.78, 5) is 40.0. The summed E-state index contributed by atoms with van der Waals surface area (Å²) in [5.74, 6) is -0.593. The van der Waals surface area contributed by atoms with Gasteiger partial charge in [-0.05, 0) is 62.6 Å². The number of amides is 2. The van der Waals surface area contributed by atoms with Gasteiger partial charge in [0.15, 0.2) is 5.78 Å². The van der Waals surface area contributed by atoms with Gasteiger partial charge in [-0.25, -0.2) is 0 Å². The smallest absolute Gasteiger partial charge is 0.244 e. The highest BCUT2D eigenvalue weighted by atomic mass is 16.2. The predicted molar refractivity (Wildman–Crippen MR) is 116 cm³/mol. The Morgan fingerprint density at radius 3 is 2.28 bits per heavy atom. The van der Waals surface area contributed by atoms with Crippen molar-refractivity contribution in [1.82, 2.24) is 0 Å². The number of hydrogen-bond acceptors (Lipinski definition) is 4. The SMILES string of the molecule is CC(=O)c1cccc(NC(=O)CN(C(C)=O)c2ccc(N3CCCCC3)cc2)c1. The zero-order chi connectivity index (χ0) is 20.8. The van der Waals surface area contributed by atoms with E-state index in [4.69, 9.17) is 0 Å². The van der Waals surface area contributed by atoms with Gasteiger partial charge in [-0.3, -0.25) is 14.4 Å². The molecule has 2 aromatic rings. The third-order valence-electron chi connectivity index (χ3n) is 5.12. The second-order valence-electron chi connectivity index (χ2n) is 7.35. The van der Waals surface area contributed by atoms with Crippen LogP contribution in [0.3, 0.4) is 0 Å². The lowest BCUT2D eigenvalue weighted by Gasteiger charge is -2.29. The predicted octanol–water partition coefficient (Wildman–Crippen LogP) is 3.87. The molecule has 1 saturated heterocycles. The molecule has 0 aliphatic carbocycles. The fraction of sp³-hybridized carbons (Fsp3) is 0.348. The van der Waals surface area contributed by atoms with Crippen molar-refractivity contribution in [3.8, 4) is 0 Å². The topological polar surface area (TPSA) is 69.7 Å². The lowest BCUT2D eigenvalue weighted by molar-refractivity contribution is -0.120. The highest BCUT2D eigenvalue weighted by Crippen LogP contribution is 2.24. The van der Waals surface area contributed by atoms with Gasteiger partial charge in [-0.2, -0.15) is 0 Å². The van der Waals surface area contributed by atoms with E-state index in [1.165, 1.54) is 38.0 Å². The van der Waals surface area contributed by atoms with E-state index < -0.39 is 0 Å². The first-order valence-electron chi connectivity index (χ1n) is 9.98. The summed E-state index contributed by atoms with van der Waals surface area (Å²) >= 11 is 0. The third-order valence-corrected chi connectivity index (χ3v) is 5.12. The van der Waals surface area contributed by atoms with Crippen LogP contribution in [0.2, 0.25) is 0 Å². The molecule has 1 N–H and O–H groups in total. The zero-order valence-electron chi connectivity index (χ0n) is 17.0. The first-order chi connectivity index (χ1) is 13.9. The van der Waals surface area contributed by atoms with Crippen molar-refractivity contribution in [2.24, 2.45) is 0 Å². The van der Waals surface area contributed by atoms with Crippen LogP contribution in [0, 0.1) is 0 Å². The highest BCUT2D eigenvalue weighted by Gasteiger charge is 2.17. The van der Waals surface area contributed by atoms with E-state index >= 15 is 0 Å². The molecule has 0 unspecified atom stereocenters. The van der Waals surface area contributed by atoms with Crippen LogP contribution < -0.4 is 15.1 Å². The molecule has 0 radical (unpaired) electrons. The van der Waals surface area contributed by atoms with Crippen LogP contribution in [0.25, 0.3) is 0 Å². The van der Waals surface area contributed by atoms with Crippen LogP contribution >= 0.6 is 0 Å². The lowest BCUT2D eigenvalue weighted by Crippen LogP contribution is -2.36. The van der Waals surface area contributed by atoms with Crippen molar-refractivity contribution < 1.29 is 14.4 Å². The zero-order valence-corrected chi connectivity index (χ0v) is 17.0. The summed E-state index contributed by atoms with van der Waals surface area (Å²) < 4.78 is 0. The minimum atomic E-state index is -0.319. The molecule has 2 aromatic carbocycles. The maximum Gasteiger partial charge on any atom is 0.244 e. The van der Waals surface area contributed by atoms with Crippen LogP contribution in [0.1, 0.15) is 43.5 Å². The van der Waals surface area contributed by atoms with E-state index in [0.717, 1.165) is 18.8 Å². The van der Waals surface area contributed by atoms with Crippen LogP contribution in [0.5, 0.6) is 0 Å². The number of hydrogen-bond donors (Lipinski definition) is 1. The number of ketones is 1. The number of Topliss-reactive ketones (excluding diaryl/α,β-unsaturated/α-hetero) is 1. The average Bonchev–Trinajstić information content (AvgIpc) is 2.73. The van der Waals surface area contributed by atoms with E-state index in [2.05, 4.69) is 10.2 Å². The number of carbonyl (C=O) groups is 3. The first kappa shape index (κ1) is 20.6. The molecule has 1 heterocycles. The van der Waals surface area contributed by atoms with E-state index in [1.54, 1.807) is 24.3 Å². The normalized spacial score (nSPS) is 13.7. The van der Waals surface area contributed by atoms with E-state index in [1.807, 2.05) is 24.3 Å². The Hall–Kier alpha value is -3.15. The monoisotopic (exact) mass is 393 g/mol. The Morgan fingerprint density at radius 1 is 0.966 bits per heavy atom. The Labute approximate surface area is 171 Å². The molecular formula is C23H27N3O3. The molecule has 29 heavy (non-hydrogen) atoms. The number of nitrogens with zero attached hydrogens (tertiary/aromatic N) is 2. The van der Waals surface area contributed by atoms with Gasteiger partial charge in [0.05, 0.1) is 0 Å². The van der Waals surface area contributed by atoms with E-state index in [0.29, 0.717) is 16.9 Å². The molecule has 1 aliphatic rings. The number of benzene rings is 2. The molecule has 6 nitrogen and oxygen atoms in total. The largest absolute Gasteiger partial charge is 0.372 e. The van der Waals surface area contributed by atoms with Gasteiger partial charge in [0.1, 0.15) is 6.54 Å². The quantitative estimate of drug-likeness (QED) is 0.757. The molecule has 3 rings (SSSR count). The van der Waals surface area contributed by atoms with Crippen molar-refractivity contribution in [2.45, 2.75) is 33.1 Å². The minimum Gasteiger partial charge on any atom is -0.372 e. The molecule has 2 amide bonds. The number of carbonyl (C=O) groups excluding carboxylic acids is 3. The van der Waals surface area contributed by atoms with Crippen molar-refractivity contribution in [2.75, 3.05) is 34.8 Å². The summed E-state index contributed by atoms with van der Waals surface area (Å²) in [6.07, 6.45) is 3.68. The van der Waals surface area contributed by atoms with Crippen LogP contribution in [-0.4, -0.2) is 37.2 Å². The second-order valence-corrected chi connectivity index (χ2v) is 7.35. The number of piperidine rings is 1. The number of rotatable bonds is 6. The van der Waals surface area contributed by atoms with Gasteiger partial charge in [0.2, 0.25) is 11.8 Å². The van der Waals surface area contributed by atoms with Gasteiger partial charge in [-0.15, -0.1) is 0 Å². The number of anilines is 3. The van der Waals surface area contributed by atoms with Crippen molar-refractivity contribution in [3.63, 3.8) is 0 Å². The van der Waals surface area contributed by atoms with Crippen LogP contribution in [-0.2, 0) is 9.59 Å². The lowest BCUT2D eigenvalue weighted by atomic mass is 10.1. The molecule has 152 valence electrons. The first-order valence-corrected chi connectivity index (χ1v) is 9.98. The van der Waals surface area contributed by atoms with Crippen molar-refractivity contribution in [1.29, 1.82) is 0 Å². The average molecular weight is 393 g/mol. The van der Waals surface area contributed by atoms with Gasteiger partial charge < -0.3 is 15.1 Å². The maximum atomic E-state index is 12.5. The fourth-order valence-electron chi connectivity index (χ4n) is 3.54. The summed E-state index contributed by atoms with van der Waals surface area (Å²) in [5.41, 5.74) is 2.89. The Bertz CT molecular complexity index is 886. The van der Waals surface area contributed by atoms with Crippen molar-refractivity contribution >= 4 is 34.7 Å². The summed E-state index contributed by atoms with van der Waals surface area (Å²) in [7, 11) is 0. The number of nitrogens with one attached hydrogen (secondary N) is 1. The summed E-state index contributed by atoms with van der Waals surface area (Å²) in [6, 6.07) is 14.5. The molecule has 1 aliphatic heterocycles. The molecule has 0 atom stereocenters. The van der Waals surface area contributed by atoms with Crippen molar-refractivity contribution in [3.05, 3.63) is 54.1 Å². The van der Waals surface area contributed by atoms with Gasteiger partial charge in [0, 0.05) is 42.6 Å². The maximum absolute atomic E-state index is 12.5. The molecule has 6 heteroatoms. The van der Waals surface area contributed by atoms with E-state index in [9.17, 15) is 14.4 Å². The fourth-order valence-corrected chi connectivity index (χ4v) is 3.54. The molecule has 0 aromatic heterocycles. The van der Waals surface area contributed by atoms with E-state index in [-0.39, 0.29) is 24.1 Å². The molecule has 1 fully saturated rings. The molecular weight excluding hydrogens is 366 g/mol. The Kier molecular flexibility index (Phi) is 6.65. The van der Waals surface area contributed by atoms with Gasteiger partial charge >= 0.3 is 0 Å². The molecule has 0 bridgehead atoms. The highest BCUT2D eigenvalue weighted by molar-refractivity contribution is 6.02. The van der Waals surface area contributed by atoms with Gasteiger partial charge in [-0.1, -0.05) is 12.1 Å². The van der Waals surface area contributed by atoms with Gasteiger partial charge in [0.25, 0.3) is 0 Å². The summed E-state index contributed by atoms with van der Waals surface area (Å²) in [5, 5.41) is 2.76.